The minimum absolute atomic E-state index is 0.793. The lowest BCUT2D eigenvalue weighted by atomic mass is 10.1. The summed E-state index contributed by atoms with van der Waals surface area (Å²) in [5, 5.41) is 3.48. The number of hydrogen-bond donors (Lipinski definition) is 2. The van der Waals surface area contributed by atoms with E-state index in [1.807, 2.05) is 18.3 Å². The van der Waals surface area contributed by atoms with E-state index >= 15 is 0 Å². The normalized spacial score (nSPS) is 16.0. The SMILES string of the molecule is Brc1cccc(-c2cnc(CNCCN3CCCCC3)[nH]2)c1. The van der Waals surface area contributed by atoms with Crippen LogP contribution >= 0.6 is 15.9 Å². The second-order valence-electron chi connectivity index (χ2n) is 5.83. The molecule has 118 valence electrons. The summed E-state index contributed by atoms with van der Waals surface area (Å²) in [6.45, 7) is 5.47. The van der Waals surface area contributed by atoms with Crippen LogP contribution in [0.2, 0.25) is 0 Å². The largest absolute Gasteiger partial charge is 0.341 e. The first-order valence-electron chi connectivity index (χ1n) is 8.04. The molecule has 0 amide bonds. The van der Waals surface area contributed by atoms with Crippen LogP contribution in [0, 0.1) is 0 Å². The van der Waals surface area contributed by atoms with E-state index in [1.165, 1.54) is 32.4 Å². The van der Waals surface area contributed by atoms with Gasteiger partial charge in [-0.05, 0) is 38.1 Å². The molecular formula is C17H23BrN4. The number of hydrogen-bond acceptors (Lipinski definition) is 3. The smallest absolute Gasteiger partial charge is 0.120 e. The number of nitrogens with zero attached hydrogens (tertiary/aromatic N) is 2. The second kappa shape index (κ2) is 7.90. The van der Waals surface area contributed by atoms with Crippen molar-refractivity contribution in [2.45, 2.75) is 25.8 Å². The number of piperidine rings is 1. The average Bonchev–Trinajstić information content (AvgIpc) is 3.02. The topological polar surface area (TPSA) is 44.0 Å². The summed E-state index contributed by atoms with van der Waals surface area (Å²) >= 11 is 3.50. The molecule has 1 fully saturated rings. The number of imidazole rings is 1. The van der Waals surface area contributed by atoms with Crippen molar-refractivity contribution in [1.29, 1.82) is 0 Å². The summed E-state index contributed by atoms with van der Waals surface area (Å²) in [4.78, 5) is 10.4. The van der Waals surface area contributed by atoms with Crippen molar-refractivity contribution in [1.82, 2.24) is 20.2 Å². The molecule has 0 unspecified atom stereocenters. The molecule has 0 spiro atoms. The fraction of sp³-hybridized carbons (Fsp3) is 0.471. The van der Waals surface area contributed by atoms with Crippen LogP contribution in [-0.2, 0) is 6.54 Å². The van der Waals surface area contributed by atoms with Crippen molar-refractivity contribution in [3.05, 3.63) is 40.8 Å². The van der Waals surface area contributed by atoms with Gasteiger partial charge in [0.25, 0.3) is 0 Å². The molecule has 1 aromatic carbocycles. The maximum atomic E-state index is 4.46. The van der Waals surface area contributed by atoms with Crippen LogP contribution in [0.1, 0.15) is 25.1 Å². The van der Waals surface area contributed by atoms with Gasteiger partial charge in [-0.25, -0.2) is 4.98 Å². The first kappa shape index (κ1) is 15.7. The molecule has 1 aliphatic rings. The van der Waals surface area contributed by atoms with Gasteiger partial charge in [-0.1, -0.05) is 34.5 Å². The minimum atomic E-state index is 0.793. The molecule has 5 heteroatoms. The van der Waals surface area contributed by atoms with Crippen LogP contribution in [0.4, 0.5) is 0 Å². The molecule has 22 heavy (non-hydrogen) atoms. The Morgan fingerprint density at radius 1 is 1.23 bits per heavy atom. The van der Waals surface area contributed by atoms with Gasteiger partial charge >= 0.3 is 0 Å². The number of aromatic amines is 1. The van der Waals surface area contributed by atoms with Crippen molar-refractivity contribution in [3.8, 4) is 11.3 Å². The van der Waals surface area contributed by atoms with Gasteiger partial charge in [-0.3, -0.25) is 0 Å². The zero-order valence-corrected chi connectivity index (χ0v) is 14.4. The Morgan fingerprint density at radius 3 is 2.91 bits per heavy atom. The second-order valence-corrected chi connectivity index (χ2v) is 6.75. The van der Waals surface area contributed by atoms with Crippen LogP contribution in [0.3, 0.4) is 0 Å². The molecule has 3 rings (SSSR count). The van der Waals surface area contributed by atoms with E-state index in [0.717, 1.165) is 41.2 Å². The Hall–Kier alpha value is -1.17. The van der Waals surface area contributed by atoms with Gasteiger partial charge in [0.1, 0.15) is 5.82 Å². The van der Waals surface area contributed by atoms with Crippen LogP contribution in [-0.4, -0.2) is 41.0 Å². The Balaban J connectivity index is 1.45. The molecule has 2 aromatic rings. The highest BCUT2D eigenvalue weighted by atomic mass is 79.9. The number of benzene rings is 1. The van der Waals surface area contributed by atoms with Crippen LogP contribution in [0.25, 0.3) is 11.3 Å². The molecular weight excluding hydrogens is 340 g/mol. The fourth-order valence-electron chi connectivity index (χ4n) is 2.88. The monoisotopic (exact) mass is 362 g/mol. The highest BCUT2D eigenvalue weighted by molar-refractivity contribution is 9.10. The van der Waals surface area contributed by atoms with E-state index in [9.17, 15) is 0 Å². The molecule has 0 radical (unpaired) electrons. The summed E-state index contributed by atoms with van der Waals surface area (Å²) < 4.78 is 1.08. The molecule has 1 aromatic heterocycles. The predicted molar refractivity (Wildman–Crippen MR) is 93.7 cm³/mol. The van der Waals surface area contributed by atoms with Crippen molar-refractivity contribution >= 4 is 15.9 Å². The third-order valence-corrected chi connectivity index (χ3v) is 4.60. The third-order valence-electron chi connectivity index (χ3n) is 4.11. The Labute approximate surface area is 140 Å². The number of halogens is 1. The molecule has 2 heterocycles. The van der Waals surface area contributed by atoms with Crippen LogP contribution in [0.5, 0.6) is 0 Å². The number of aromatic nitrogens is 2. The number of likely N-dealkylation sites (tertiary alicyclic amines) is 1. The summed E-state index contributed by atoms with van der Waals surface area (Å²) in [5.74, 6) is 0.994. The van der Waals surface area contributed by atoms with E-state index in [0.29, 0.717) is 0 Å². The zero-order valence-electron chi connectivity index (χ0n) is 12.8. The molecule has 0 atom stereocenters. The van der Waals surface area contributed by atoms with Gasteiger partial charge in [0.2, 0.25) is 0 Å². The summed E-state index contributed by atoms with van der Waals surface area (Å²) in [5.41, 5.74) is 2.22. The molecule has 0 bridgehead atoms. The van der Waals surface area contributed by atoms with E-state index < -0.39 is 0 Å². The molecule has 2 N–H and O–H groups in total. The lowest BCUT2D eigenvalue weighted by molar-refractivity contribution is 0.229. The predicted octanol–water partition coefficient (Wildman–Crippen LogP) is 3.41. The van der Waals surface area contributed by atoms with E-state index in [-0.39, 0.29) is 0 Å². The van der Waals surface area contributed by atoms with E-state index in [4.69, 9.17) is 0 Å². The van der Waals surface area contributed by atoms with Crippen LogP contribution in [0.15, 0.2) is 34.9 Å². The first-order chi connectivity index (χ1) is 10.8. The van der Waals surface area contributed by atoms with Gasteiger partial charge in [-0.2, -0.15) is 0 Å². The summed E-state index contributed by atoms with van der Waals surface area (Å²) in [6, 6.07) is 8.26. The van der Waals surface area contributed by atoms with Gasteiger partial charge in [-0.15, -0.1) is 0 Å². The fourth-order valence-corrected chi connectivity index (χ4v) is 3.28. The van der Waals surface area contributed by atoms with Crippen molar-refractivity contribution in [2.75, 3.05) is 26.2 Å². The van der Waals surface area contributed by atoms with Crippen molar-refractivity contribution in [3.63, 3.8) is 0 Å². The minimum Gasteiger partial charge on any atom is -0.341 e. The molecule has 1 saturated heterocycles. The van der Waals surface area contributed by atoms with Gasteiger partial charge in [0.05, 0.1) is 18.4 Å². The summed E-state index contributed by atoms with van der Waals surface area (Å²) in [7, 11) is 0. The highest BCUT2D eigenvalue weighted by Crippen LogP contribution is 2.21. The summed E-state index contributed by atoms with van der Waals surface area (Å²) in [6.07, 6.45) is 6.01. The molecule has 1 aliphatic heterocycles. The molecule has 4 nitrogen and oxygen atoms in total. The maximum Gasteiger partial charge on any atom is 0.120 e. The van der Waals surface area contributed by atoms with Crippen molar-refractivity contribution < 1.29 is 0 Å². The Morgan fingerprint density at radius 2 is 2.09 bits per heavy atom. The lowest BCUT2D eigenvalue weighted by Gasteiger charge is -2.26. The van der Waals surface area contributed by atoms with E-state index in [1.54, 1.807) is 0 Å². The van der Waals surface area contributed by atoms with Crippen molar-refractivity contribution in [2.24, 2.45) is 0 Å². The quantitative estimate of drug-likeness (QED) is 0.773. The number of H-pyrrole nitrogens is 1. The first-order valence-corrected chi connectivity index (χ1v) is 8.83. The Bertz CT molecular complexity index is 590. The molecule has 0 saturated carbocycles. The van der Waals surface area contributed by atoms with Gasteiger partial charge in [0, 0.05) is 23.1 Å². The standard InChI is InChI=1S/C17H23BrN4/c18-15-6-4-5-14(11-15)16-12-20-17(21-16)13-19-7-10-22-8-2-1-3-9-22/h4-6,11-12,19H,1-3,7-10,13H2,(H,20,21). The zero-order chi connectivity index (χ0) is 15.2. The number of rotatable bonds is 6. The third kappa shape index (κ3) is 4.41. The van der Waals surface area contributed by atoms with Gasteiger partial charge in [0.15, 0.2) is 0 Å². The Kier molecular flexibility index (Phi) is 5.64. The van der Waals surface area contributed by atoms with Crippen LogP contribution < -0.4 is 5.32 Å². The highest BCUT2D eigenvalue weighted by Gasteiger charge is 2.09. The average molecular weight is 363 g/mol. The number of nitrogens with one attached hydrogen (secondary N) is 2. The van der Waals surface area contributed by atoms with Gasteiger partial charge < -0.3 is 15.2 Å². The maximum absolute atomic E-state index is 4.46. The molecule has 0 aliphatic carbocycles. The lowest BCUT2D eigenvalue weighted by Crippen LogP contribution is -2.35. The van der Waals surface area contributed by atoms with E-state index in [2.05, 4.69) is 48.2 Å².